The standard InChI is InChI=1S/C25H30N4O2S/c1-17(19-11-9-18(10-12-19)16-20-6-5-7-22(20)30)25(31)26-21(13-15-32-2)24-28-27-23-8-3-4-14-29(23)24/h3-4,8-12,14,17,20-21H,5-7,13,15-16H2,1-2H3,(H,26,31)/t17-,20-,21-/m0/s1. The average molecular weight is 451 g/mol. The third kappa shape index (κ3) is 5.04. The van der Waals surface area contributed by atoms with Gasteiger partial charge < -0.3 is 5.32 Å². The number of carbonyl (C=O) groups excluding carboxylic acids is 2. The molecule has 0 spiro atoms. The summed E-state index contributed by atoms with van der Waals surface area (Å²) in [5, 5.41) is 11.8. The Balaban J connectivity index is 1.45. The van der Waals surface area contributed by atoms with E-state index in [1.54, 1.807) is 11.8 Å². The predicted octanol–water partition coefficient (Wildman–Crippen LogP) is 4.36. The van der Waals surface area contributed by atoms with Gasteiger partial charge in [-0.3, -0.25) is 14.0 Å². The van der Waals surface area contributed by atoms with Crippen LogP contribution in [0.1, 0.15) is 61.5 Å². The van der Waals surface area contributed by atoms with Gasteiger partial charge in [0.2, 0.25) is 5.91 Å². The lowest BCUT2D eigenvalue weighted by Crippen LogP contribution is -2.33. The van der Waals surface area contributed by atoms with Crippen molar-refractivity contribution in [3.8, 4) is 0 Å². The number of ketones is 1. The van der Waals surface area contributed by atoms with Crippen LogP contribution in [-0.4, -0.2) is 38.3 Å². The van der Waals surface area contributed by atoms with Gasteiger partial charge in [0, 0.05) is 18.5 Å². The molecule has 6 nitrogen and oxygen atoms in total. The number of aromatic nitrogens is 3. The van der Waals surface area contributed by atoms with Crippen LogP contribution in [0.2, 0.25) is 0 Å². The Morgan fingerprint density at radius 2 is 2.03 bits per heavy atom. The number of carbonyl (C=O) groups is 2. The van der Waals surface area contributed by atoms with E-state index >= 15 is 0 Å². The van der Waals surface area contributed by atoms with Crippen molar-refractivity contribution in [1.29, 1.82) is 0 Å². The van der Waals surface area contributed by atoms with Crippen LogP contribution >= 0.6 is 11.8 Å². The van der Waals surface area contributed by atoms with E-state index < -0.39 is 0 Å². The summed E-state index contributed by atoms with van der Waals surface area (Å²) in [4.78, 5) is 25.1. The largest absolute Gasteiger partial charge is 0.346 e. The van der Waals surface area contributed by atoms with Crippen molar-refractivity contribution in [2.75, 3.05) is 12.0 Å². The number of Topliss-reactive ketones (excluding diaryl/α,β-unsaturated/α-hetero) is 1. The van der Waals surface area contributed by atoms with Crippen molar-refractivity contribution < 1.29 is 9.59 Å². The second-order valence-corrected chi connectivity index (χ2v) is 9.54. The lowest BCUT2D eigenvalue weighted by molar-refractivity contribution is -0.123. The van der Waals surface area contributed by atoms with Crippen LogP contribution in [0.15, 0.2) is 48.7 Å². The van der Waals surface area contributed by atoms with Crippen LogP contribution < -0.4 is 5.32 Å². The molecule has 0 bridgehead atoms. The van der Waals surface area contributed by atoms with Gasteiger partial charge in [-0.1, -0.05) is 30.3 Å². The fourth-order valence-electron chi connectivity index (χ4n) is 4.38. The first-order valence-corrected chi connectivity index (χ1v) is 12.7. The van der Waals surface area contributed by atoms with E-state index in [9.17, 15) is 9.59 Å². The van der Waals surface area contributed by atoms with Crippen LogP contribution in [0.5, 0.6) is 0 Å². The topological polar surface area (TPSA) is 76.4 Å². The zero-order valence-corrected chi connectivity index (χ0v) is 19.5. The summed E-state index contributed by atoms with van der Waals surface area (Å²) in [7, 11) is 0. The maximum absolute atomic E-state index is 13.1. The number of nitrogens with zero attached hydrogens (tertiary/aromatic N) is 3. The molecule has 1 fully saturated rings. The van der Waals surface area contributed by atoms with Crippen molar-refractivity contribution in [2.24, 2.45) is 5.92 Å². The molecule has 168 valence electrons. The highest BCUT2D eigenvalue weighted by Crippen LogP contribution is 2.26. The van der Waals surface area contributed by atoms with E-state index in [0.29, 0.717) is 5.78 Å². The number of pyridine rings is 1. The summed E-state index contributed by atoms with van der Waals surface area (Å²) < 4.78 is 1.94. The highest BCUT2D eigenvalue weighted by molar-refractivity contribution is 7.98. The summed E-state index contributed by atoms with van der Waals surface area (Å²) in [6.45, 7) is 1.93. The summed E-state index contributed by atoms with van der Waals surface area (Å²) >= 11 is 1.75. The van der Waals surface area contributed by atoms with Crippen molar-refractivity contribution in [1.82, 2.24) is 19.9 Å². The van der Waals surface area contributed by atoms with Crippen molar-refractivity contribution in [3.05, 3.63) is 65.6 Å². The maximum Gasteiger partial charge on any atom is 0.227 e. The SMILES string of the molecule is CSCC[C@H](NC(=O)[C@@H](C)c1ccc(C[C@@H]2CCCC2=O)cc1)c1nnc2ccccn12. The highest BCUT2D eigenvalue weighted by Gasteiger charge is 2.25. The fourth-order valence-corrected chi connectivity index (χ4v) is 4.85. The number of amides is 1. The lowest BCUT2D eigenvalue weighted by atomic mass is 9.94. The molecular weight excluding hydrogens is 420 g/mol. The summed E-state index contributed by atoms with van der Waals surface area (Å²) in [6, 6.07) is 13.7. The Labute approximate surface area is 193 Å². The van der Waals surface area contributed by atoms with Crippen LogP contribution in [0.4, 0.5) is 0 Å². The minimum Gasteiger partial charge on any atom is -0.346 e. The van der Waals surface area contributed by atoms with Gasteiger partial charge in [0.25, 0.3) is 0 Å². The Morgan fingerprint density at radius 3 is 2.75 bits per heavy atom. The van der Waals surface area contributed by atoms with Gasteiger partial charge in [-0.25, -0.2) is 0 Å². The molecule has 7 heteroatoms. The molecule has 3 aromatic rings. The maximum atomic E-state index is 13.1. The number of benzene rings is 1. The van der Waals surface area contributed by atoms with Crippen molar-refractivity contribution >= 4 is 29.1 Å². The molecule has 0 aliphatic heterocycles. The van der Waals surface area contributed by atoms with E-state index in [1.165, 1.54) is 0 Å². The molecule has 0 radical (unpaired) electrons. The molecule has 4 rings (SSSR count). The third-order valence-corrected chi connectivity index (χ3v) is 7.01. The molecular formula is C25H30N4O2S. The zero-order valence-electron chi connectivity index (χ0n) is 18.7. The Hall–Kier alpha value is -2.67. The molecule has 1 aliphatic rings. The molecule has 2 heterocycles. The smallest absolute Gasteiger partial charge is 0.227 e. The molecule has 32 heavy (non-hydrogen) atoms. The molecule has 0 unspecified atom stereocenters. The molecule has 1 aliphatic carbocycles. The van der Waals surface area contributed by atoms with Gasteiger partial charge in [0.15, 0.2) is 11.5 Å². The van der Waals surface area contributed by atoms with Gasteiger partial charge in [-0.05, 0) is 67.9 Å². The molecule has 1 saturated carbocycles. The monoisotopic (exact) mass is 450 g/mol. The summed E-state index contributed by atoms with van der Waals surface area (Å²) in [5.41, 5.74) is 2.91. The first kappa shape index (κ1) is 22.5. The molecule has 2 aromatic heterocycles. The zero-order chi connectivity index (χ0) is 22.5. The minimum atomic E-state index is -0.284. The molecule has 1 aromatic carbocycles. The number of nitrogens with one attached hydrogen (secondary N) is 1. The van der Waals surface area contributed by atoms with Gasteiger partial charge in [0.05, 0.1) is 12.0 Å². The van der Waals surface area contributed by atoms with E-state index in [0.717, 1.165) is 60.5 Å². The third-order valence-electron chi connectivity index (χ3n) is 6.37. The van der Waals surface area contributed by atoms with Gasteiger partial charge in [-0.15, -0.1) is 10.2 Å². The molecule has 0 saturated heterocycles. The van der Waals surface area contributed by atoms with Crippen LogP contribution in [-0.2, 0) is 16.0 Å². The second kappa shape index (κ2) is 10.3. The summed E-state index contributed by atoms with van der Waals surface area (Å²) in [5.74, 6) is 1.91. The fraction of sp³-hybridized carbons (Fsp3) is 0.440. The van der Waals surface area contributed by atoms with Crippen molar-refractivity contribution in [2.45, 2.75) is 51.0 Å². The first-order chi connectivity index (χ1) is 15.6. The van der Waals surface area contributed by atoms with Crippen molar-refractivity contribution in [3.63, 3.8) is 0 Å². The minimum absolute atomic E-state index is 0.0255. The molecule has 1 N–H and O–H groups in total. The highest BCUT2D eigenvalue weighted by atomic mass is 32.2. The normalized spacial score (nSPS) is 18.1. The molecule has 1 amide bonds. The number of hydrogen-bond donors (Lipinski definition) is 1. The lowest BCUT2D eigenvalue weighted by Gasteiger charge is -2.20. The van der Waals surface area contributed by atoms with E-state index in [-0.39, 0.29) is 23.8 Å². The predicted molar refractivity (Wildman–Crippen MR) is 128 cm³/mol. The van der Waals surface area contributed by atoms with E-state index in [1.807, 2.05) is 47.9 Å². The van der Waals surface area contributed by atoms with Crippen LogP contribution in [0.3, 0.4) is 0 Å². The van der Waals surface area contributed by atoms with Gasteiger partial charge in [0.1, 0.15) is 5.78 Å². The number of fused-ring (bicyclic) bond motifs is 1. The molecule has 3 atom stereocenters. The van der Waals surface area contributed by atoms with E-state index in [4.69, 9.17) is 0 Å². The summed E-state index contributed by atoms with van der Waals surface area (Å²) in [6.07, 6.45) is 8.30. The van der Waals surface area contributed by atoms with Crippen LogP contribution in [0.25, 0.3) is 5.65 Å². The van der Waals surface area contributed by atoms with Gasteiger partial charge in [-0.2, -0.15) is 11.8 Å². The second-order valence-electron chi connectivity index (χ2n) is 8.55. The number of rotatable bonds is 9. The van der Waals surface area contributed by atoms with E-state index in [2.05, 4.69) is 33.9 Å². The average Bonchev–Trinajstić information content (AvgIpc) is 3.42. The Bertz CT molecular complexity index is 1080. The number of thioether (sulfide) groups is 1. The number of hydrogen-bond acceptors (Lipinski definition) is 5. The Kier molecular flexibility index (Phi) is 7.25. The van der Waals surface area contributed by atoms with Gasteiger partial charge >= 0.3 is 0 Å². The van der Waals surface area contributed by atoms with Crippen LogP contribution in [0, 0.1) is 5.92 Å². The Morgan fingerprint density at radius 1 is 1.22 bits per heavy atom. The quantitative estimate of drug-likeness (QED) is 0.524. The first-order valence-electron chi connectivity index (χ1n) is 11.3.